The first-order valence-electron chi connectivity index (χ1n) is 10.0. The molecule has 4 rings (SSSR count). The molecule has 2 aliphatic rings. The maximum atomic E-state index is 12.7. The summed E-state index contributed by atoms with van der Waals surface area (Å²) in [4.78, 5) is 17.5. The first-order valence-corrected chi connectivity index (χ1v) is 10.4. The van der Waals surface area contributed by atoms with Crippen molar-refractivity contribution in [1.82, 2.24) is 14.7 Å². The normalized spacial score (nSPS) is 19.4. The Morgan fingerprint density at radius 3 is 2.41 bits per heavy atom. The number of aromatic nitrogens is 2. The molecule has 1 aromatic heterocycles. The second kappa shape index (κ2) is 8.44. The Morgan fingerprint density at radius 2 is 1.70 bits per heavy atom. The summed E-state index contributed by atoms with van der Waals surface area (Å²) < 4.78 is 1.37. The van der Waals surface area contributed by atoms with Gasteiger partial charge in [-0.1, -0.05) is 49.1 Å². The second-order valence-electron chi connectivity index (χ2n) is 7.69. The summed E-state index contributed by atoms with van der Waals surface area (Å²) in [7, 11) is 0. The van der Waals surface area contributed by atoms with E-state index in [1.54, 1.807) is 6.20 Å². The van der Waals surface area contributed by atoms with Gasteiger partial charge in [0.1, 0.15) is 5.02 Å². The van der Waals surface area contributed by atoms with Gasteiger partial charge in [-0.2, -0.15) is 9.78 Å². The third-order valence-electron chi connectivity index (χ3n) is 5.86. The van der Waals surface area contributed by atoms with E-state index in [0.29, 0.717) is 0 Å². The Labute approximate surface area is 165 Å². The third kappa shape index (κ3) is 4.19. The molecule has 0 atom stereocenters. The maximum Gasteiger partial charge on any atom is 0.292 e. The lowest BCUT2D eigenvalue weighted by Gasteiger charge is -2.38. The van der Waals surface area contributed by atoms with Gasteiger partial charge in [0.15, 0.2) is 0 Å². The molecule has 27 heavy (non-hydrogen) atoms. The van der Waals surface area contributed by atoms with Gasteiger partial charge in [0.05, 0.1) is 17.6 Å². The molecule has 6 heteroatoms. The van der Waals surface area contributed by atoms with Crippen LogP contribution in [0.1, 0.15) is 32.1 Å². The van der Waals surface area contributed by atoms with E-state index in [0.717, 1.165) is 43.5 Å². The predicted molar refractivity (Wildman–Crippen MR) is 110 cm³/mol. The molecule has 1 aliphatic heterocycles. The average molecular weight is 387 g/mol. The summed E-state index contributed by atoms with van der Waals surface area (Å²) in [6.45, 7) is 5.05. The Balaban J connectivity index is 1.42. The molecule has 144 valence electrons. The lowest BCUT2D eigenvalue weighted by atomic mass is 9.89. The molecule has 0 bridgehead atoms. The summed E-state index contributed by atoms with van der Waals surface area (Å²) in [5, 5.41) is 4.62. The first-order chi connectivity index (χ1) is 13.2. The number of hydrogen-bond acceptors (Lipinski definition) is 4. The van der Waals surface area contributed by atoms with E-state index in [1.165, 1.54) is 43.3 Å². The van der Waals surface area contributed by atoms with E-state index in [2.05, 4.69) is 14.9 Å². The van der Waals surface area contributed by atoms with Crippen molar-refractivity contribution in [1.29, 1.82) is 0 Å². The number of anilines is 1. The average Bonchev–Trinajstić information content (AvgIpc) is 2.72. The van der Waals surface area contributed by atoms with Gasteiger partial charge in [-0.15, -0.1) is 0 Å². The number of benzene rings is 1. The van der Waals surface area contributed by atoms with Crippen LogP contribution in [0.2, 0.25) is 5.02 Å². The smallest absolute Gasteiger partial charge is 0.292 e. The van der Waals surface area contributed by atoms with Crippen molar-refractivity contribution >= 4 is 17.3 Å². The van der Waals surface area contributed by atoms with Crippen LogP contribution in [0, 0.1) is 5.92 Å². The van der Waals surface area contributed by atoms with Crippen LogP contribution in [0.4, 0.5) is 5.69 Å². The van der Waals surface area contributed by atoms with Gasteiger partial charge in [-0.25, -0.2) is 0 Å². The topological polar surface area (TPSA) is 41.4 Å². The first kappa shape index (κ1) is 18.5. The molecule has 1 saturated heterocycles. The minimum absolute atomic E-state index is 0.259. The fourth-order valence-electron chi connectivity index (χ4n) is 4.30. The van der Waals surface area contributed by atoms with Crippen LogP contribution in [0.3, 0.4) is 0 Å². The molecule has 2 aromatic rings. The minimum atomic E-state index is -0.259. The monoisotopic (exact) mass is 386 g/mol. The van der Waals surface area contributed by atoms with E-state index in [9.17, 15) is 4.79 Å². The molecule has 1 saturated carbocycles. The molecule has 0 amide bonds. The van der Waals surface area contributed by atoms with Crippen LogP contribution < -0.4 is 10.5 Å². The fraction of sp³-hybridized carbons (Fsp3) is 0.524. The maximum absolute atomic E-state index is 12.7. The molecule has 2 fully saturated rings. The second-order valence-corrected chi connectivity index (χ2v) is 8.07. The van der Waals surface area contributed by atoms with Gasteiger partial charge in [0.2, 0.25) is 0 Å². The number of nitrogens with zero attached hydrogens (tertiary/aromatic N) is 4. The number of piperazine rings is 1. The molecule has 0 unspecified atom stereocenters. The molecule has 1 aromatic carbocycles. The van der Waals surface area contributed by atoms with E-state index < -0.39 is 0 Å². The lowest BCUT2D eigenvalue weighted by molar-refractivity contribution is 0.192. The standard InChI is InChI=1S/C21H27ClN4O/c22-20-19(15-23-26(21(20)27)18-9-5-2-6-10-18)25-13-11-24(12-14-25)16-17-7-3-1-4-8-17/h2,5-6,9-10,15,17H,1,3-4,7-8,11-14,16H2. The van der Waals surface area contributed by atoms with Crippen LogP contribution in [-0.4, -0.2) is 47.4 Å². The van der Waals surface area contributed by atoms with Crippen LogP contribution in [0.25, 0.3) is 5.69 Å². The molecule has 0 radical (unpaired) electrons. The largest absolute Gasteiger partial charge is 0.366 e. The van der Waals surface area contributed by atoms with Gasteiger partial charge < -0.3 is 4.90 Å². The Morgan fingerprint density at radius 1 is 1.00 bits per heavy atom. The van der Waals surface area contributed by atoms with Crippen molar-refractivity contribution in [3.8, 4) is 5.69 Å². The number of halogens is 1. The predicted octanol–water partition coefficient (Wildman–Crippen LogP) is 3.59. The van der Waals surface area contributed by atoms with Crippen molar-refractivity contribution in [2.45, 2.75) is 32.1 Å². The molecule has 2 heterocycles. The SMILES string of the molecule is O=c1c(Cl)c(N2CCN(CC3CCCCC3)CC2)cnn1-c1ccccc1. The number of para-hydroxylation sites is 1. The van der Waals surface area contributed by atoms with Gasteiger partial charge in [-0.3, -0.25) is 9.69 Å². The summed E-state index contributed by atoms with van der Waals surface area (Å²) >= 11 is 6.45. The third-order valence-corrected chi connectivity index (χ3v) is 6.21. The molecule has 0 spiro atoms. The van der Waals surface area contributed by atoms with E-state index in [4.69, 9.17) is 11.6 Å². The molecular weight excluding hydrogens is 360 g/mol. The summed E-state index contributed by atoms with van der Waals surface area (Å²) in [6, 6.07) is 9.40. The van der Waals surface area contributed by atoms with Crippen molar-refractivity contribution < 1.29 is 0 Å². The highest BCUT2D eigenvalue weighted by Crippen LogP contribution is 2.26. The van der Waals surface area contributed by atoms with Crippen LogP contribution in [0.5, 0.6) is 0 Å². The highest BCUT2D eigenvalue weighted by molar-refractivity contribution is 6.33. The summed E-state index contributed by atoms with van der Waals surface area (Å²) in [5.74, 6) is 0.866. The Kier molecular flexibility index (Phi) is 5.79. The Hall–Kier alpha value is -1.85. The van der Waals surface area contributed by atoms with E-state index >= 15 is 0 Å². The van der Waals surface area contributed by atoms with Crippen molar-refractivity contribution in [2.24, 2.45) is 5.92 Å². The number of rotatable bonds is 4. The molecule has 0 N–H and O–H groups in total. The zero-order chi connectivity index (χ0) is 18.6. The summed E-state index contributed by atoms with van der Waals surface area (Å²) in [5.41, 5.74) is 1.23. The Bertz CT molecular complexity index is 809. The summed E-state index contributed by atoms with van der Waals surface area (Å²) in [6.07, 6.45) is 8.69. The highest BCUT2D eigenvalue weighted by atomic mass is 35.5. The van der Waals surface area contributed by atoms with E-state index in [-0.39, 0.29) is 10.6 Å². The van der Waals surface area contributed by atoms with Crippen molar-refractivity contribution in [3.05, 3.63) is 51.9 Å². The van der Waals surface area contributed by atoms with Crippen LogP contribution in [-0.2, 0) is 0 Å². The fourth-order valence-corrected chi connectivity index (χ4v) is 4.55. The minimum Gasteiger partial charge on any atom is -0.366 e. The van der Waals surface area contributed by atoms with Gasteiger partial charge in [-0.05, 0) is 30.9 Å². The molecule has 5 nitrogen and oxygen atoms in total. The van der Waals surface area contributed by atoms with Gasteiger partial charge in [0.25, 0.3) is 5.56 Å². The zero-order valence-corrected chi connectivity index (χ0v) is 16.4. The van der Waals surface area contributed by atoms with E-state index in [1.807, 2.05) is 30.3 Å². The quantitative estimate of drug-likeness (QED) is 0.805. The number of hydrogen-bond donors (Lipinski definition) is 0. The van der Waals surface area contributed by atoms with Crippen molar-refractivity contribution in [3.63, 3.8) is 0 Å². The van der Waals surface area contributed by atoms with Crippen molar-refractivity contribution in [2.75, 3.05) is 37.6 Å². The van der Waals surface area contributed by atoms with Gasteiger partial charge in [0, 0.05) is 32.7 Å². The van der Waals surface area contributed by atoms with Crippen LogP contribution >= 0.6 is 11.6 Å². The van der Waals surface area contributed by atoms with Gasteiger partial charge >= 0.3 is 0 Å². The molecule has 1 aliphatic carbocycles. The molecular formula is C21H27ClN4O. The highest BCUT2D eigenvalue weighted by Gasteiger charge is 2.24. The van der Waals surface area contributed by atoms with Crippen LogP contribution in [0.15, 0.2) is 41.3 Å². The lowest BCUT2D eigenvalue weighted by Crippen LogP contribution is -2.48. The zero-order valence-electron chi connectivity index (χ0n) is 15.7.